The molecule has 0 saturated heterocycles. The zero-order valence-electron chi connectivity index (χ0n) is 11.7. The molecule has 0 spiro atoms. The van der Waals surface area contributed by atoms with Crippen LogP contribution < -0.4 is 9.47 Å². The monoisotopic (exact) mass is 250 g/mol. The summed E-state index contributed by atoms with van der Waals surface area (Å²) >= 11 is 0. The fourth-order valence-corrected chi connectivity index (χ4v) is 2.09. The second-order valence-electron chi connectivity index (χ2n) is 4.46. The van der Waals surface area contributed by atoms with Gasteiger partial charge in [-0.2, -0.15) is 0 Å². The van der Waals surface area contributed by atoms with Crippen LogP contribution >= 0.6 is 0 Å². The highest BCUT2D eigenvalue weighted by atomic mass is 16.5. The minimum atomic E-state index is 0.244. The zero-order valence-corrected chi connectivity index (χ0v) is 11.7. The summed E-state index contributed by atoms with van der Waals surface area (Å²) in [4.78, 5) is 11.1. The van der Waals surface area contributed by atoms with Crippen LogP contribution in [0.15, 0.2) is 18.2 Å². The molecule has 1 aromatic rings. The number of benzene rings is 1. The topological polar surface area (TPSA) is 35.5 Å². The van der Waals surface area contributed by atoms with Crippen molar-refractivity contribution < 1.29 is 14.3 Å². The smallest absolute Gasteiger partial charge is 0.160 e. The molecular weight excluding hydrogens is 228 g/mol. The van der Waals surface area contributed by atoms with Gasteiger partial charge in [-0.15, -0.1) is 0 Å². The summed E-state index contributed by atoms with van der Waals surface area (Å²) in [6, 6.07) is 5.98. The Hall–Kier alpha value is -1.51. The molecule has 1 aromatic carbocycles. The van der Waals surface area contributed by atoms with Crippen molar-refractivity contribution in [1.82, 2.24) is 0 Å². The summed E-state index contributed by atoms with van der Waals surface area (Å²) in [7, 11) is 3.27. The van der Waals surface area contributed by atoms with Crippen molar-refractivity contribution in [2.75, 3.05) is 14.2 Å². The number of rotatable bonds is 7. The van der Waals surface area contributed by atoms with Crippen LogP contribution in [0.1, 0.15) is 44.6 Å². The van der Waals surface area contributed by atoms with Gasteiger partial charge in [0.2, 0.25) is 0 Å². The average Bonchev–Trinajstić information content (AvgIpc) is 2.38. The van der Waals surface area contributed by atoms with E-state index in [9.17, 15) is 4.79 Å². The minimum absolute atomic E-state index is 0.244. The van der Waals surface area contributed by atoms with Gasteiger partial charge in [0.25, 0.3) is 0 Å². The molecule has 0 aliphatic rings. The first-order valence-corrected chi connectivity index (χ1v) is 6.33. The Labute approximate surface area is 109 Å². The Morgan fingerprint density at radius 2 is 1.89 bits per heavy atom. The Morgan fingerprint density at radius 3 is 2.39 bits per heavy atom. The van der Waals surface area contributed by atoms with E-state index >= 15 is 0 Å². The van der Waals surface area contributed by atoms with Crippen molar-refractivity contribution in [3.05, 3.63) is 23.8 Å². The van der Waals surface area contributed by atoms with Crippen LogP contribution in [0.4, 0.5) is 0 Å². The lowest BCUT2D eigenvalue weighted by molar-refractivity contribution is -0.117. The number of carbonyl (C=O) groups excluding carboxylic acids is 1. The fraction of sp³-hybridized carbons (Fsp3) is 0.533. The molecule has 0 aliphatic heterocycles. The molecule has 0 fully saturated rings. The predicted molar refractivity (Wildman–Crippen MR) is 72.5 cm³/mol. The number of hydrogen-bond donors (Lipinski definition) is 0. The largest absolute Gasteiger partial charge is 0.493 e. The normalized spacial score (nSPS) is 12.0. The molecule has 3 heteroatoms. The van der Waals surface area contributed by atoms with E-state index in [2.05, 4.69) is 13.0 Å². The second-order valence-corrected chi connectivity index (χ2v) is 4.46. The lowest BCUT2D eigenvalue weighted by Gasteiger charge is -2.16. The first-order valence-electron chi connectivity index (χ1n) is 6.33. The molecule has 100 valence electrons. The van der Waals surface area contributed by atoms with Crippen LogP contribution in [-0.4, -0.2) is 20.0 Å². The number of hydrogen-bond acceptors (Lipinski definition) is 3. The number of carbonyl (C=O) groups is 1. The van der Waals surface area contributed by atoms with Gasteiger partial charge in [-0.3, -0.25) is 0 Å². The maximum absolute atomic E-state index is 11.1. The van der Waals surface area contributed by atoms with Crippen LogP contribution in [0.25, 0.3) is 0 Å². The Kier molecular flexibility index (Phi) is 5.69. The van der Waals surface area contributed by atoms with Crippen LogP contribution in [0, 0.1) is 0 Å². The number of ether oxygens (including phenoxy) is 2. The van der Waals surface area contributed by atoms with Gasteiger partial charge in [-0.1, -0.05) is 13.0 Å². The third-order valence-electron chi connectivity index (χ3n) is 3.22. The summed E-state index contributed by atoms with van der Waals surface area (Å²) in [6.45, 7) is 3.78. The molecule has 0 aliphatic carbocycles. The predicted octanol–water partition coefficient (Wildman–Crippen LogP) is 3.57. The van der Waals surface area contributed by atoms with Gasteiger partial charge in [-0.25, -0.2) is 0 Å². The molecule has 0 N–H and O–H groups in total. The molecule has 0 radical (unpaired) electrons. The Morgan fingerprint density at radius 1 is 1.22 bits per heavy atom. The highest BCUT2D eigenvalue weighted by molar-refractivity contribution is 5.75. The first-order chi connectivity index (χ1) is 8.62. The van der Waals surface area contributed by atoms with Gasteiger partial charge in [0, 0.05) is 6.42 Å². The molecule has 1 atom stereocenters. The molecule has 0 heterocycles. The Balaban J connectivity index is 2.88. The van der Waals surface area contributed by atoms with E-state index in [1.165, 1.54) is 5.56 Å². The van der Waals surface area contributed by atoms with E-state index in [1.807, 2.05) is 12.1 Å². The van der Waals surface area contributed by atoms with Crippen LogP contribution in [0.2, 0.25) is 0 Å². The summed E-state index contributed by atoms with van der Waals surface area (Å²) < 4.78 is 10.5. The SMILES string of the molecule is CCC(CCC(C)=O)c1ccc(OC)c(OC)c1. The summed E-state index contributed by atoms with van der Waals surface area (Å²) in [6.07, 6.45) is 2.54. The molecule has 0 aromatic heterocycles. The lowest BCUT2D eigenvalue weighted by Crippen LogP contribution is -2.02. The van der Waals surface area contributed by atoms with Crippen LogP contribution in [0.5, 0.6) is 11.5 Å². The lowest BCUT2D eigenvalue weighted by atomic mass is 9.91. The van der Waals surface area contributed by atoms with E-state index in [0.717, 1.165) is 24.3 Å². The van der Waals surface area contributed by atoms with E-state index in [4.69, 9.17) is 9.47 Å². The van der Waals surface area contributed by atoms with Crippen molar-refractivity contribution >= 4 is 5.78 Å². The summed E-state index contributed by atoms with van der Waals surface area (Å²) in [5, 5.41) is 0. The molecule has 0 saturated carbocycles. The standard InChI is InChI=1S/C15H22O3/c1-5-12(7-6-11(2)16)13-8-9-14(17-3)15(10-13)18-4/h8-10,12H,5-7H2,1-4H3. The quantitative estimate of drug-likeness (QED) is 0.742. The molecule has 1 unspecified atom stereocenters. The fourth-order valence-electron chi connectivity index (χ4n) is 2.09. The van der Waals surface area contributed by atoms with Crippen molar-refractivity contribution in [2.24, 2.45) is 0 Å². The molecule has 18 heavy (non-hydrogen) atoms. The van der Waals surface area contributed by atoms with Crippen molar-refractivity contribution in [3.63, 3.8) is 0 Å². The van der Waals surface area contributed by atoms with Crippen molar-refractivity contribution in [2.45, 2.75) is 39.0 Å². The zero-order chi connectivity index (χ0) is 13.5. The van der Waals surface area contributed by atoms with Gasteiger partial charge >= 0.3 is 0 Å². The third-order valence-corrected chi connectivity index (χ3v) is 3.22. The van der Waals surface area contributed by atoms with Gasteiger partial charge in [0.15, 0.2) is 11.5 Å². The van der Waals surface area contributed by atoms with Crippen LogP contribution in [-0.2, 0) is 4.79 Å². The highest BCUT2D eigenvalue weighted by Gasteiger charge is 2.13. The third kappa shape index (κ3) is 3.76. The first kappa shape index (κ1) is 14.6. The van der Waals surface area contributed by atoms with E-state index in [-0.39, 0.29) is 5.78 Å². The number of methoxy groups -OCH3 is 2. The van der Waals surface area contributed by atoms with E-state index < -0.39 is 0 Å². The van der Waals surface area contributed by atoms with Crippen LogP contribution in [0.3, 0.4) is 0 Å². The molecular formula is C15H22O3. The molecule has 0 amide bonds. The highest BCUT2D eigenvalue weighted by Crippen LogP contribution is 2.33. The average molecular weight is 250 g/mol. The molecule has 1 rings (SSSR count). The number of Topliss-reactive ketones (excluding diaryl/α,β-unsaturated/α-hetero) is 1. The van der Waals surface area contributed by atoms with Gasteiger partial charge < -0.3 is 14.3 Å². The van der Waals surface area contributed by atoms with Gasteiger partial charge in [0.05, 0.1) is 14.2 Å². The van der Waals surface area contributed by atoms with Gasteiger partial charge in [0.1, 0.15) is 5.78 Å². The molecule has 3 nitrogen and oxygen atoms in total. The van der Waals surface area contributed by atoms with E-state index in [1.54, 1.807) is 21.1 Å². The maximum Gasteiger partial charge on any atom is 0.160 e. The Bertz CT molecular complexity index is 399. The number of ketones is 1. The van der Waals surface area contributed by atoms with Crippen molar-refractivity contribution in [3.8, 4) is 11.5 Å². The summed E-state index contributed by atoms with van der Waals surface area (Å²) in [5.41, 5.74) is 1.21. The minimum Gasteiger partial charge on any atom is -0.493 e. The second kappa shape index (κ2) is 7.04. The maximum atomic E-state index is 11.1. The van der Waals surface area contributed by atoms with Gasteiger partial charge in [-0.05, 0) is 43.4 Å². The molecule has 0 bridgehead atoms. The van der Waals surface area contributed by atoms with Crippen molar-refractivity contribution in [1.29, 1.82) is 0 Å². The summed E-state index contributed by atoms with van der Waals surface area (Å²) in [5.74, 6) is 2.13. The van der Waals surface area contributed by atoms with E-state index in [0.29, 0.717) is 12.3 Å².